The lowest BCUT2D eigenvalue weighted by atomic mass is 9.98. The zero-order chi connectivity index (χ0) is 16.7. The first-order chi connectivity index (χ1) is 11.1. The fraction of sp³-hybridized carbons (Fsp3) is 0.105. The summed E-state index contributed by atoms with van der Waals surface area (Å²) < 4.78 is 15.0. The van der Waals surface area contributed by atoms with Gasteiger partial charge in [-0.15, -0.1) is 0 Å². The van der Waals surface area contributed by atoms with Crippen LogP contribution in [-0.2, 0) is 4.79 Å². The van der Waals surface area contributed by atoms with Gasteiger partial charge in [0.1, 0.15) is 5.82 Å². The molecule has 1 atom stereocenters. The molecule has 118 valence electrons. The van der Waals surface area contributed by atoms with E-state index in [2.05, 4.69) is 21.2 Å². The minimum absolute atomic E-state index is 0.278. The van der Waals surface area contributed by atoms with Gasteiger partial charge >= 0.3 is 0 Å². The maximum atomic E-state index is 14.3. The van der Waals surface area contributed by atoms with Crippen molar-refractivity contribution < 1.29 is 9.18 Å². The molecule has 4 heteroatoms. The molecule has 1 N–H and O–H groups in total. The highest BCUT2D eigenvalue weighted by molar-refractivity contribution is 9.10. The molecular weight excluding hydrogens is 357 g/mol. The van der Waals surface area contributed by atoms with Gasteiger partial charge < -0.3 is 5.32 Å². The van der Waals surface area contributed by atoms with Gasteiger partial charge in [-0.2, -0.15) is 0 Å². The van der Waals surface area contributed by atoms with Crippen LogP contribution in [0.4, 0.5) is 4.39 Å². The summed E-state index contributed by atoms with van der Waals surface area (Å²) >= 11 is 3.25. The maximum absolute atomic E-state index is 14.3. The SMILES string of the molecule is C/C=C/C=C\C(=O)N[C@@H](c1ccccc1)c1ccc(Br)cc1F. The third-order valence-corrected chi connectivity index (χ3v) is 3.74. The Morgan fingerprint density at radius 1 is 1.17 bits per heavy atom. The number of amides is 1. The zero-order valence-corrected chi connectivity index (χ0v) is 14.3. The smallest absolute Gasteiger partial charge is 0.244 e. The number of carbonyl (C=O) groups excluding carboxylic acids is 1. The number of benzene rings is 2. The molecule has 1 amide bonds. The quantitative estimate of drug-likeness (QED) is 0.584. The summed E-state index contributed by atoms with van der Waals surface area (Å²) in [7, 11) is 0. The van der Waals surface area contributed by atoms with Crippen molar-refractivity contribution in [2.75, 3.05) is 0 Å². The number of rotatable bonds is 5. The van der Waals surface area contributed by atoms with Crippen LogP contribution in [0.15, 0.2) is 77.3 Å². The molecule has 2 aromatic carbocycles. The molecule has 2 nitrogen and oxygen atoms in total. The Balaban J connectivity index is 2.35. The molecule has 0 unspecified atom stereocenters. The molecule has 0 aromatic heterocycles. The van der Waals surface area contributed by atoms with Gasteiger partial charge in [-0.1, -0.05) is 70.6 Å². The number of allylic oxidation sites excluding steroid dienone is 3. The molecule has 2 aromatic rings. The molecule has 0 aliphatic rings. The molecule has 0 fully saturated rings. The van der Waals surface area contributed by atoms with E-state index in [9.17, 15) is 9.18 Å². The third-order valence-electron chi connectivity index (χ3n) is 3.24. The zero-order valence-electron chi connectivity index (χ0n) is 12.7. The van der Waals surface area contributed by atoms with Crippen molar-refractivity contribution in [1.29, 1.82) is 0 Å². The second kappa shape index (κ2) is 8.44. The topological polar surface area (TPSA) is 29.1 Å². The molecule has 0 aliphatic heterocycles. The van der Waals surface area contributed by atoms with Crippen molar-refractivity contribution in [1.82, 2.24) is 5.32 Å². The normalized spacial score (nSPS) is 12.7. The molecule has 0 spiro atoms. The van der Waals surface area contributed by atoms with Gasteiger partial charge in [-0.05, 0) is 24.6 Å². The Hall–Kier alpha value is -2.20. The average molecular weight is 374 g/mol. The molecule has 0 heterocycles. The first-order valence-electron chi connectivity index (χ1n) is 7.21. The summed E-state index contributed by atoms with van der Waals surface area (Å²) in [5, 5.41) is 2.85. The summed E-state index contributed by atoms with van der Waals surface area (Å²) in [6, 6.07) is 13.6. The van der Waals surface area contributed by atoms with Crippen LogP contribution in [0.1, 0.15) is 24.1 Å². The molecule has 0 radical (unpaired) electrons. The van der Waals surface area contributed by atoms with E-state index < -0.39 is 6.04 Å². The van der Waals surface area contributed by atoms with E-state index >= 15 is 0 Å². The average Bonchev–Trinajstić information content (AvgIpc) is 2.54. The highest BCUT2D eigenvalue weighted by atomic mass is 79.9. The van der Waals surface area contributed by atoms with E-state index in [1.54, 1.807) is 24.3 Å². The lowest BCUT2D eigenvalue weighted by molar-refractivity contribution is -0.117. The second-order valence-electron chi connectivity index (χ2n) is 4.90. The highest BCUT2D eigenvalue weighted by Crippen LogP contribution is 2.26. The monoisotopic (exact) mass is 373 g/mol. The number of hydrogen-bond donors (Lipinski definition) is 1. The van der Waals surface area contributed by atoms with Gasteiger partial charge in [0.15, 0.2) is 0 Å². The lowest BCUT2D eigenvalue weighted by Crippen LogP contribution is -2.28. The van der Waals surface area contributed by atoms with Gasteiger partial charge in [-0.3, -0.25) is 4.79 Å². The molecule has 23 heavy (non-hydrogen) atoms. The Labute approximate surface area is 143 Å². The van der Waals surface area contributed by atoms with Crippen LogP contribution in [0.3, 0.4) is 0 Å². The van der Waals surface area contributed by atoms with Crippen molar-refractivity contribution in [2.45, 2.75) is 13.0 Å². The fourth-order valence-electron chi connectivity index (χ4n) is 2.17. The molecule has 0 aliphatic carbocycles. The van der Waals surface area contributed by atoms with Crippen molar-refractivity contribution in [3.8, 4) is 0 Å². The van der Waals surface area contributed by atoms with Gasteiger partial charge in [0.2, 0.25) is 5.91 Å². The predicted octanol–water partition coefficient (Wildman–Crippen LogP) is 4.93. The van der Waals surface area contributed by atoms with Crippen molar-refractivity contribution >= 4 is 21.8 Å². The van der Waals surface area contributed by atoms with Crippen LogP contribution in [0.25, 0.3) is 0 Å². The highest BCUT2D eigenvalue weighted by Gasteiger charge is 2.19. The lowest BCUT2D eigenvalue weighted by Gasteiger charge is -2.19. The molecule has 0 saturated carbocycles. The van der Waals surface area contributed by atoms with Gasteiger partial charge in [0.05, 0.1) is 6.04 Å². The standard InChI is InChI=1S/C19H17BrFNO/c1-2-3-5-10-18(23)22-19(14-8-6-4-7-9-14)16-12-11-15(20)13-17(16)21/h2-13,19H,1H3,(H,22,23)/b3-2+,10-5-/t19-/m0/s1. The number of halogens is 2. The summed E-state index contributed by atoms with van der Waals surface area (Å²) in [6.07, 6.45) is 6.66. The molecule has 0 saturated heterocycles. The Morgan fingerprint density at radius 2 is 1.91 bits per heavy atom. The Bertz CT molecular complexity index is 725. The second-order valence-corrected chi connectivity index (χ2v) is 5.82. The molecule has 0 bridgehead atoms. The van der Waals surface area contributed by atoms with Gasteiger partial charge in [0.25, 0.3) is 0 Å². The molecular formula is C19H17BrFNO. The van der Waals surface area contributed by atoms with E-state index in [1.807, 2.05) is 43.3 Å². The maximum Gasteiger partial charge on any atom is 0.244 e. The predicted molar refractivity (Wildman–Crippen MR) is 94.5 cm³/mol. The summed E-state index contributed by atoms with van der Waals surface area (Å²) in [5.41, 5.74) is 1.24. The van der Waals surface area contributed by atoms with Crippen LogP contribution in [0.2, 0.25) is 0 Å². The number of carbonyl (C=O) groups is 1. The van der Waals surface area contributed by atoms with Crippen molar-refractivity contribution in [3.63, 3.8) is 0 Å². The molecule has 2 rings (SSSR count). The number of hydrogen-bond acceptors (Lipinski definition) is 1. The minimum atomic E-state index is -0.549. The van der Waals surface area contributed by atoms with Crippen LogP contribution in [-0.4, -0.2) is 5.91 Å². The van der Waals surface area contributed by atoms with Crippen LogP contribution in [0.5, 0.6) is 0 Å². The Morgan fingerprint density at radius 3 is 2.57 bits per heavy atom. The van der Waals surface area contributed by atoms with Gasteiger partial charge in [0, 0.05) is 16.1 Å². The van der Waals surface area contributed by atoms with E-state index in [0.29, 0.717) is 10.0 Å². The van der Waals surface area contributed by atoms with E-state index in [0.717, 1.165) is 5.56 Å². The van der Waals surface area contributed by atoms with Crippen LogP contribution >= 0.6 is 15.9 Å². The first-order valence-corrected chi connectivity index (χ1v) is 8.01. The Kier molecular flexibility index (Phi) is 6.29. The summed E-state index contributed by atoms with van der Waals surface area (Å²) in [6.45, 7) is 1.87. The van der Waals surface area contributed by atoms with E-state index in [-0.39, 0.29) is 11.7 Å². The first kappa shape index (κ1) is 17.2. The largest absolute Gasteiger partial charge is 0.342 e. The van der Waals surface area contributed by atoms with Crippen molar-refractivity contribution in [3.05, 3.63) is 94.3 Å². The van der Waals surface area contributed by atoms with E-state index in [1.165, 1.54) is 12.1 Å². The van der Waals surface area contributed by atoms with Gasteiger partial charge in [-0.25, -0.2) is 4.39 Å². The van der Waals surface area contributed by atoms with Crippen molar-refractivity contribution in [2.24, 2.45) is 0 Å². The van der Waals surface area contributed by atoms with Crippen LogP contribution in [0, 0.1) is 5.82 Å². The van der Waals surface area contributed by atoms with Crippen LogP contribution < -0.4 is 5.32 Å². The summed E-state index contributed by atoms with van der Waals surface area (Å²) in [4.78, 5) is 12.1. The third kappa shape index (κ3) is 4.89. The number of nitrogens with one attached hydrogen (secondary N) is 1. The fourth-order valence-corrected chi connectivity index (χ4v) is 2.50. The minimum Gasteiger partial charge on any atom is -0.342 e. The van der Waals surface area contributed by atoms with E-state index in [4.69, 9.17) is 0 Å². The summed E-state index contributed by atoms with van der Waals surface area (Å²) in [5.74, 6) is -0.648.